The first-order valence-corrected chi connectivity index (χ1v) is 13.5. The van der Waals surface area contributed by atoms with Crippen LogP contribution in [0.15, 0.2) is 71.2 Å². The molecule has 1 atom stereocenters. The maximum Gasteiger partial charge on any atom is 0.452 e. The number of rotatable bonds is 9. The van der Waals surface area contributed by atoms with Crippen LogP contribution in [0.2, 0.25) is 0 Å². The van der Waals surface area contributed by atoms with Gasteiger partial charge in [-0.2, -0.15) is 13.2 Å². The Morgan fingerprint density at radius 1 is 1.05 bits per heavy atom. The summed E-state index contributed by atoms with van der Waals surface area (Å²) in [6.07, 6.45) is -0.370. The third kappa shape index (κ3) is 7.56. The summed E-state index contributed by atoms with van der Waals surface area (Å²) in [6.45, 7) is 3.96. The van der Waals surface area contributed by atoms with Gasteiger partial charge in [-0.05, 0) is 49.2 Å². The van der Waals surface area contributed by atoms with Crippen molar-refractivity contribution in [2.45, 2.75) is 32.4 Å². The molecule has 4 rings (SSSR count). The van der Waals surface area contributed by atoms with Crippen LogP contribution >= 0.6 is 0 Å². The average Bonchev–Trinajstić information content (AvgIpc) is 3.29. The summed E-state index contributed by atoms with van der Waals surface area (Å²) >= 11 is 0. The molecular weight excluding hydrogens is 553 g/mol. The van der Waals surface area contributed by atoms with Gasteiger partial charge in [0, 0.05) is 49.5 Å². The number of carboxylic acid groups (broad SMARTS) is 1. The summed E-state index contributed by atoms with van der Waals surface area (Å²) < 4.78 is 45.8. The third-order valence-electron chi connectivity index (χ3n) is 6.78. The lowest BCUT2D eigenvalue weighted by atomic mass is 10.0. The number of hydrogen-bond acceptors (Lipinski definition) is 6. The van der Waals surface area contributed by atoms with Crippen LogP contribution in [-0.4, -0.2) is 59.0 Å². The van der Waals surface area contributed by atoms with Crippen LogP contribution in [-0.2, 0) is 15.8 Å². The molecular formula is C30H31F3N4O5. The second kappa shape index (κ2) is 13.4. The molecule has 2 amide bonds. The van der Waals surface area contributed by atoms with Crippen molar-refractivity contribution in [3.63, 3.8) is 0 Å². The van der Waals surface area contributed by atoms with E-state index in [2.05, 4.69) is 15.2 Å². The third-order valence-corrected chi connectivity index (χ3v) is 6.78. The van der Waals surface area contributed by atoms with E-state index in [1.54, 1.807) is 59.5 Å². The zero-order chi connectivity index (χ0) is 30.3. The number of anilines is 2. The van der Waals surface area contributed by atoms with Crippen molar-refractivity contribution in [1.82, 2.24) is 9.88 Å². The van der Waals surface area contributed by atoms with Crippen molar-refractivity contribution in [3.8, 4) is 11.5 Å². The lowest BCUT2D eigenvalue weighted by Crippen LogP contribution is -2.36. The molecule has 0 bridgehead atoms. The molecule has 1 aromatic heterocycles. The van der Waals surface area contributed by atoms with Crippen molar-refractivity contribution < 1.29 is 37.1 Å². The zero-order valence-corrected chi connectivity index (χ0v) is 22.9. The van der Waals surface area contributed by atoms with Gasteiger partial charge in [0.2, 0.25) is 17.6 Å². The molecule has 0 aliphatic carbocycles. The summed E-state index contributed by atoms with van der Waals surface area (Å²) in [5.74, 6) is -4.97. The highest BCUT2D eigenvalue weighted by atomic mass is 19.4. The molecule has 222 valence electrons. The number of benzene rings is 2. The predicted octanol–water partition coefficient (Wildman–Crippen LogP) is 5.71. The van der Waals surface area contributed by atoms with Gasteiger partial charge in [0.05, 0.1) is 5.92 Å². The number of alkyl halides is 3. The Kier molecular flexibility index (Phi) is 9.66. The van der Waals surface area contributed by atoms with E-state index in [1.165, 1.54) is 12.1 Å². The lowest BCUT2D eigenvalue weighted by molar-refractivity contribution is -0.153. The number of aliphatic carboxylic acids is 1. The Labute approximate surface area is 240 Å². The molecule has 2 N–H and O–H groups in total. The smallest absolute Gasteiger partial charge is 0.452 e. The number of carbonyl (C=O) groups excluding carboxylic acids is 2. The van der Waals surface area contributed by atoms with Crippen molar-refractivity contribution in [3.05, 3.63) is 78.2 Å². The van der Waals surface area contributed by atoms with Crippen LogP contribution in [0.4, 0.5) is 24.5 Å². The number of halogens is 3. The first-order chi connectivity index (χ1) is 20.1. The molecule has 1 aliphatic rings. The van der Waals surface area contributed by atoms with E-state index in [9.17, 15) is 32.7 Å². The molecule has 1 saturated heterocycles. The van der Waals surface area contributed by atoms with E-state index < -0.39 is 35.4 Å². The topological polar surface area (TPSA) is 116 Å². The van der Waals surface area contributed by atoms with Gasteiger partial charge in [-0.1, -0.05) is 37.3 Å². The van der Waals surface area contributed by atoms with Crippen molar-refractivity contribution >= 4 is 29.2 Å². The van der Waals surface area contributed by atoms with Crippen LogP contribution in [0.3, 0.4) is 0 Å². The minimum atomic E-state index is -4.92. The number of nitrogens with one attached hydrogen (secondary N) is 1. The van der Waals surface area contributed by atoms with E-state index in [4.69, 9.17) is 4.42 Å². The molecule has 1 fully saturated rings. The Morgan fingerprint density at radius 2 is 1.76 bits per heavy atom. The van der Waals surface area contributed by atoms with Gasteiger partial charge in [-0.15, -0.1) is 0 Å². The minimum Gasteiger partial charge on any atom is -0.481 e. The second-order valence-electron chi connectivity index (χ2n) is 9.77. The first kappa shape index (κ1) is 30.4. The quantitative estimate of drug-likeness (QED) is 0.310. The van der Waals surface area contributed by atoms with E-state index in [1.807, 2.05) is 6.92 Å². The van der Waals surface area contributed by atoms with Crippen LogP contribution in [0.1, 0.15) is 42.4 Å². The van der Waals surface area contributed by atoms with E-state index in [0.717, 1.165) is 5.69 Å². The normalized spacial score (nSPS) is 15.0. The Morgan fingerprint density at radius 3 is 2.40 bits per heavy atom. The fourth-order valence-corrected chi connectivity index (χ4v) is 4.60. The number of carboxylic acids is 1. The van der Waals surface area contributed by atoms with Gasteiger partial charge in [0.25, 0.3) is 5.91 Å². The predicted molar refractivity (Wildman–Crippen MR) is 150 cm³/mol. The van der Waals surface area contributed by atoms with Crippen LogP contribution < -0.4 is 10.2 Å². The molecule has 0 spiro atoms. The van der Waals surface area contributed by atoms with E-state index in [-0.39, 0.29) is 23.9 Å². The maximum atomic E-state index is 13.6. The van der Waals surface area contributed by atoms with Crippen LogP contribution in [0.5, 0.6) is 0 Å². The van der Waals surface area contributed by atoms with Gasteiger partial charge < -0.3 is 24.6 Å². The molecule has 9 nitrogen and oxygen atoms in total. The molecule has 12 heteroatoms. The summed E-state index contributed by atoms with van der Waals surface area (Å²) in [6, 6.07) is 14.6. The average molecular weight is 585 g/mol. The summed E-state index contributed by atoms with van der Waals surface area (Å²) in [5, 5.41) is 11.9. The van der Waals surface area contributed by atoms with Crippen molar-refractivity contribution in [2.24, 2.45) is 5.92 Å². The van der Waals surface area contributed by atoms with Crippen LogP contribution in [0.25, 0.3) is 11.5 Å². The van der Waals surface area contributed by atoms with Gasteiger partial charge >= 0.3 is 12.1 Å². The Balaban J connectivity index is 1.40. The molecule has 1 aliphatic heterocycles. The zero-order valence-electron chi connectivity index (χ0n) is 22.9. The molecule has 0 radical (unpaired) electrons. The number of nitrogens with zero attached hydrogens (tertiary/aromatic N) is 3. The minimum absolute atomic E-state index is 0.103. The highest BCUT2D eigenvalue weighted by molar-refractivity contribution is 6.04. The molecule has 0 saturated carbocycles. The molecule has 2 aromatic carbocycles. The summed E-state index contributed by atoms with van der Waals surface area (Å²) in [4.78, 5) is 44.7. The molecule has 2 heterocycles. The molecule has 42 heavy (non-hydrogen) atoms. The van der Waals surface area contributed by atoms with E-state index >= 15 is 0 Å². The number of hydrogen-bond donors (Lipinski definition) is 2. The molecule has 1 unspecified atom stereocenters. The largest absolute Gasteiger partial charge is 0.481 e. The van der Waals surface area contributed by atoms with Gasteiger partial charge in [-0.3, -0.25) is 14.4 Å². The fourth-order valence-electron chi connectivity index (χ4n) is 4.60. The standard InChI is InChI=1S/C30H31F3N4O5/c1-2-3-8-21(29(40)41)19-24(38)37-16-7-15-36(17-18-37)23-13-11-22(12-14-23)34-27(39)25-26(30(31,32)33)42-28(35-25)20-9-5-4-6-10-20/h3-6,8-14,21H,2,7,15-19H2,1H3,(H,34,39)(H,40,41)/b8-3+. The van der Waals surface area contributed by atoms with Gasteiger partial charge in [0.1, 0.15) is 0 Å². The maximum absolute atomic E-state index is 13.6. The number of oxazole rings is 1. The number of carbonyl (C=O) groups is 3. The highest BCUT2D eigenvalue weighted by Gasteiger charge is 2.42. The number of aromatic nitrogens is 1. The number of allylic oxidation sites excluding steroid dienone is 1. The van der Waals surface area contributed by atoms with Crippen LogP contribution in [0, 0.1) is 5.92 Å². The highest BCUT2D eigenvalue weighted by Crippen LogP contribution is 2.35. The lowest BCUT2D eigenvalue weighted by Gasteiger charge is -2.24. The second-order valence-corrected chi connectivity index (χ2v) is 9.77. The van der Waals surface area contributed by atoms with E-state index in [0.29, 0.717) is 44.6 Å². The summed E-state index contributed by atoms with van der Waals surface area (Å²) in [7, 11) is 0. The number of amides is 2. The molecule has 3 aromatic rings. The van der Waals surface area contributed by atoms with Gasteiger partial charge in [-0.25, -0.2) is 4.98 Å². The Bertz CT molecular complexity index is 1420. The van der Waals surface area contributed by atoms with Crippen molar-refractivity contribution in [1.29, 1.82) is 0 Å². The fraction of sp³-hybridized carbons (Fsp3) is 0.333. The first-order valence-electron chi connectivity index (χ1n) is 13.5. The SMILES string of the molecule is CC/C=C/C(CC(=O)N1CCCN(c2ccc(NC(=O)c3nc(-c4ccccc4)oc3C(F)(F)F)cc2)CC1)C(=O)O. The monoisotopic (exact) mass is 584 g/mol. The summed E-state index contributed by atoms with van der Waals surface area (Å²) in [5.41, 5.74) is 0.519. The van der Waals surface area contributed by atoms with Crippen molar-refractivity contribution in [2.75, 3.05) is 36.4 Å². The van der Waals surface area contributed by atoms with Gasteiger partial charge in [0.15, 0.2) is 5.69 Å². The Hall–Kier alpha value is -4.61.